The van der Waals surface area contributed by atoms with Crippen molar-refractivity contribution in [3.63, 3.8) is 0 Å². The monoisotopic (exact) mass is 315 g/mol. The molecule has 1 atom stereocenters. The molecule has 6 heteroatoms. The first kappa shape index (κ1) is 16.7. The van der Waals surface area contributed by atoms with Gasteiger partial charge in [0.15, 0.2) is 0 Å². The van der Waals surface area contributed by atoms with Crippen LogP contribution in [0.5, 0.6) is 0 Å². The van der Waals surface area contributed by atoms with Crippen LogP contribution in [0, 0.1) is 0 Å². The van der Waals surface area contributed by atoms with E-state index in [1.165, 1.54) is 16.8 Å². The molecule has 23 heavy (non-hydrogen) atoms. The van der Waals surface area contributed by atoms with Gasteiger partial charge in [0.05, 0.1) is 0 Å². The number of amides is 1. The fraction of sp³-hybridized carbons (Fsp3) is 0.353. The molecule has 2 rings (SSSR count). The number of hydrogen-bond donors (Lipinski definition) is 2. The van der Waals surface area contributed by atoms with E-state index in [2.05, 4.69) is 24.1 Å². The zero-order valence-corrected chi connectivity index (χ0v) is 13.3. The number of hydrogen-bond acceptors (Lipinski definition) is 3. The molecule has 2 N–H and O–H groups in total. The number of anilines is 1. The summed E-state index contributed by atoms with van der Waals surface area (Å²) in [6, 6.07) is 8.99. The molecule has 0 bridgehead atoms. The van der Waals surface area contributed by atoms with Crippen molar-refractivity contribution >= 4 is 11.6 Å². The van der Waals surface area contributed by atoms with Gasteiger partial charge in [0.1, 0.15) is 0 Å². The van der Waals surface area contributed by atoms with Gasteiger partial charge in [-0.05, 0) is 24.0 Å². The molecular formula is C17H21N3O3. The van der Waals surface area contributed by atoms with Crippen LogP contribution >= 0.6 is 0 Å². The Morgan fingerprint density at radius 1 is 1.26 bits per heavy atom. The normalized spacial score (nSPS) is 11.9. The lowest BCUT2D eigenvalue weighted by atomic mass is 9.97. The van der Waals surface area contributed by atoms with Gasteiger partial charge in [0, 0.05) is 30.9 Å². The number of aromatic nitrogens is 2. The summed E-state index contributed by atoms with van der Waals surface area (Å²) < 4.78 is 1.31. The number of rotatable bonds is 6. The van der Waals surface area contributed by atoms with E-state index in [-0.39, 0.29) is 18.9 Å². The third kappa shape index (κ3) is 4.42. The topological polar surface area (TPSA) is 84.0 Å². The van der Waals surface area contributed by atoms with Gasteiger partial charge < -0.3 is 9.88 Å². The minimum absolute atomic E-state index is 0.154. The van der Waals surface area contributed by atoms with E-state index in [1.807, 2.05) is 24.3 Å². The average Bonchev–Trinajstić information content (AvgIpc) is 2.54. The zero-order valence-electron chi connectivity index (χ0n) is 13.3. The Morgan fingerprint density at radius 3 is 2.70 bits per heavy atom. The third-order valence-electron chi connectivity index (χ3n) is 3.85. The number of carbonyl (C=O) groups is 1. The summed E-state index contributed by atoms with van der Waals surface area (Å²) in [7, 11) is 0. The Balaban J connectivity index is 2.03. The second-order valence-corrected chi connectivity index (χ2v) is 5.50. The van der Waals surface area contributed by atoms with Gasteiger partial charge in [-0.15, -0.1) is 0 Å². The van der Waals surface area contributed by atoms with Crippen LogP contribution < -0.4 is 16.6 Å². The predicted octanol–water partition coefficient (Wildman–Crippen LogP) is 2.08. The molecule has 0 aliphatic heterocycles. The lowest BCUT2D eigenvalue weighted by Gasteiger charge is -2.15. The van der Waals surface area contributed by atoms with Gasteiger partial charge >= 0.3 is 5.69 Å². The smallest absolute Gasteiger partial charge is 0.326 e. The molecule has 1 amide bonds. The quantitative estimate of drug-likeness (QED) is 0.856. The summed E-state index contributed by atoms with van der Waals surface area (Å²) in [6.07, 6.45) is 2.53. The lowest BCUT2D eigenvalue weighted by molar-refractivity contribution is -0.116. The molecule has 0 radical (unpaired) electrons. The number of carbonyl (C=O) groups excluding carboxylic acids is 1. The molecule has 1 aromatic heterocycles. The maximum atomic E-state index is 12.1. The molecule has 1 aromatic carbocycles. The van der Waals surface area contributed by atoms with Crippen LogP contribution in [-0.2, 0) is 11.3 Å². The van der Waals surface area contributed by atoms with E-state index in [9.17, 15) is 14.4 Å². The Hall–Kier alpha value is -2.63. The highest BCUT2D eigenvalue weighted by Gasteiger charge is 2.11. The summed E-state index contributed by atoms with van der Waals surface area (Å²) in [5.74, 6) is 0.187. The SMILES string of the molecule is CCC(C)c1ccccc1NC(=O)CCn1ccc(=O)[nH]c1=O. The number of nitrogens with zero attached hydrogens (tertiary/aromatic N) is 1. The number of H-pyrrole nitrogens is 1. The fourth-order valence-corrected chi connectivity index (χ4v) is 2.32. The van der Waals surface area contributed by atoms with Crippen LogP contribution in [0.3, 0.4) is 0 Å². The van der Waals surface area contributed by atoms with Crippen molar-refractivity contribution in [2.45, 2.75) is 39.2 Å². The number of benzene rings is 1. The summed E-state index contributed by atoms with van der Waals surface area (Å²) in [4.78, 5) is 36.9. The summed E-state index contributed by atoms with van der Waals surface area (Å²) in [6.45, 7) is 4.43. The number of para-hydroxylation sites is 1. The van der Waals surface area contributed by atoms with E-state index in [1.54, 1.807) is 0 Å². The van der Waals surface area contributed by atoms with Gasteiger partial charge in [-0.1, -0.05) is 32.0 Å². The number of aromatic amines is 1. The highest BCUT2D eigenvalue weighted by atomic mass is 16.2. The minimum atomic E-state index is -0.509. The second-order valence-electron chi connectivity index (χ2n) is 5.50. The third-order valence-corrected chi connectivity index (χ3v) is 3.85. The van der Waals surface area contributed by atoms with Crippen LogP contribution in [0.15, 0.2) is 46.1 Å². The molecular weight excluding hydrogens is 294 g/mol. The Bertz CT molecular complexity index is 792. The van der Waals surface area contributed by atoms with Crippen molar-refractivity contribution < 1.29 is 4.79 Å². The van der Waals surface area contributed by atoms with Gasteiger partial charge in [0.2, 0.25) is 5.91 Å². The second kappa shape index (κ2) is 7.58. The van der Waals surface area contributed by atoms with Crippen molar-refractivity contribution in [3.8, 4) is 0 Å². The number of aryl methyl sites for hydroxylation is 1. The maximum absolute atomic E-state index is 12.1. The van der Waals surface area contributed by atoms with Crippen LogP contribution in [0.4, 0.5) is 5.69 Å². The maximum Gasteiger partial charge on any atom is 0.328 e. The first-order chi connectivity index (χ1) is 11.0. The summed E-state index contributed by atoms with van der Waals surface area (Å²) >= 11 is 0. The van der Waals surface area contributed by atoms with Crippen LogP contribution in [-0.4, -0.2) is 15.5 Å². The summed E-state index contributed by atoms with van der Waals surface area (Å²) in [5, 5.41) is 2.90. The Labute approximate surface area is 134 Å². The lowest BCUT2D eigenvalue weighted by Crippen LogP contribution is -2.29. The number of nitrogens with one attached hydrogen (secondary N) is 2. The van der Waals surface area contributed by atoms with Crippen LogP contribution in [0.2, 0.25) is 0 Å². The van der Waals surface area contributed by atoms with Crippen LogP contribution in [0.1, 0.15) is 38.2 Å². The molecule has 0 fully saturated rings. The standard InChI is InChI=1S/C17H21N3O3/c1-3-12(2)13-6-4-5-7-14(13)18-15(21)8-10-20-11-9-16(22)19-17(20)23/h4-7,9,11-12H,3,8,10H2,1-2H3,(H,18,21)(H,19,22,23). The molecule has 0 spiro atoms. The van der Waals surface area contributed by atoms with Crippen molar-refractivity contribution in [2.75, 3.05) is 5.32 Å². The van der Waals surface area contributed by atoms with Gasteiger partial charge in [-0.2, -0.15) is 0 Å². The van der Waals surface area contributed by atoms with Gasteiger partial charge in [0.25, 0.3) is 5.56 Å². The summed E-state index contributed by atoms with van der Waals surface area (Å²) in [5.41, 5.74) is 0.953. The molecule has 1 heterocycles. The molecule has 0 aliphatic rings. The molecule has 122 valence electrons. The first-order valence-electron chi connectivity index (χ1n) is 7.69. The molecule has 0 saturated carbocycles. The van der Waals surface area contributed by atoms with Crippen molar-refractivity contribution in [1.82, 2.24) is 9.55 Å². The largest absolute Gasteiger partial charge is 0.328 e. The first-order valence-corrected chi connectivity index (χ1v) is 7.69. The van der Waals surface area contributed by atoms with E-state index >= 15 is 0 Å². The van der Waals surface area contributed by atoms with Gasteiger partial charge in [-0.3, -0.25) is 14.6 Å². The average molecular weight is 315 g/mol. The van der Waals surface area contributed by atoms with Crippen LogP contribution in [0.25, 0.3) is 0 Å². The van der Waals surface area contributed by atoms with E-state index in [0.717, 1.165) is 17.7 Å². The fourth-order valence-electron chi connectivity index (χ4n) is 2.32. The van der Waals surface area contributed by atoms with Crippen molar-refractivity contribution in [2.24, 2.45) is 0 Å². The zero-order chi connectivity index (χ0) is 16.8. The highest BCUT2D eigenvalue weighted by Crippen LogP contribution is 2.26. The van der Waals surface area contributed by atoms with Crippen molar-refractivity contribution in [1.29, 1.82) is 0 Å². The van der Waals surface area contributed by atoms with Crippen molar-refractivity contribution in [3.05, 3.63) is 62.9 Å². The Kier molecular flexibility index (Phi) is 5.51. The van der Waals surface area contributed by atoms with E-state index in [4.69, 9.17) is 0 Å². The molecule has 2 aromatic rings. The van der Waals surface area contributed by atoms with E-state index < -0.39 is 11.2 Å². The molecule has 0 saturated heterocycles. The Morgan fingerprint density at radius 2 is 2.00 bits per heavy atom. The van der Waals surface area contributed by atoms with E-state index in [0.29, 0.717) is 5.92 Å². The molecule has 0 aliphatic carbocycles. The molecule has 6 nitrogen and oxygen atoms in total. The minimum Gasteiger partial charge on any atom is -0.326 e. The highest BCUT2D eigenvalue weighted by molar-refractivity contribution is 5.91. The van der Waals surface area contributed by atoms with Gasteiger partial charge in [-0.25, -0.2) is 4.79 Å². The predicted molar refractivity (Wildman–Crippen MR) is 89.7 cm³/mol. The molecule has 1 unspecified atom stereocenters.